The Hall–Kier alpha value is -2.88. The van der Waals surface area contributed by atoms with Crippen LogP contribution < -0.4 is 5.32 Å². The van der Waals surface area contributed by atoms with E-state index in [1.54, 1.807) is 18.2 Å². The van der Waals surface area contributed by atoms with Crippen molar-refractivity contribution in [3.63, 3.8) is 0 Å². The number of benzene rings is 1. The Bertz CT molecular complexity index is 966. The zero-order valence-electron chi connectivity index (χ0n) is 13.5. The summed E-state index contributed by atoms with van der Waals surface area (Å²) in [5.41, 5.74) is -0.715. The predicted molar refractivity (Wildman–Crippen MR) is 88.6 cm³/mol. The normalized spacial score (nSPS) is 11.6. The standard InChI is InChI=1S/C16H12ClF4N5O/c17-11-8-26(7-10-3-1-2-4-12(10)18)24-15(11)22-14(27)9-25-6-5-13(23-25)16(19,20)21/h1-6,8H,7,9H2,(H,22,24,27). The molecule has 0 aliphatic heterocycles. The Kier molecular flexibility index (Phi) is 5.17. The lowest BCUT2D eigenvalue weighted by Gasteiger charge is -2.05. The van der Waals surface area contributed by atoms with Crippen LogP contribution in [0, 0.1) is 5.82 Å². The minimum atomic E-state index is -4.59. The van der Waals surface area contributed by atoms with Gasteiger partial charge in [0.05, 0.1) is 6.54 Å². The lowest BCUT2D eigenvalue weighted by atomic mass is 10.2. The van der Waals surface area contributed by atoms with Gasteiger partial charge >= 0.3 is 6.18 Å². The molecule has 3 rings (SSSR count). The number of hydrogen-bond donors (Lipinski definition) is 1. The molecule has 1 amide bonds. The fourth-order valence-electron chi connectivity index (χ4n) is 2.28. The van der Waals surface area contributed by atoms with Crippen molar-refractivity contribution in [2.24, 2.45) is 0 Å². The number of anilines is 1. The van der Waals surface area contributed by atoms with Gasteiger partial charge in [0.25, 0.3) is 0 Å². The summed E-state index contributed by atoms with van der Waals surface area (Å²) >= 11 is 6.00. The molecule has 27 heavy (non-hydrogen) atoms. The van der Waals surface area contributed by atoms with Crippen LogP contribution in [0.1, 0.15) is 11.3 Å². The molecular formula is C16H12ClF4N5O. The molecule has 0 saturated carbocycles. The van der Waals surface area contributed by atoms with E-state index in [9.17, 15) is 22.4 Å². The third-order valence-electron chi connectivity index (χ3n) is 3.50. The number of carbonyl (C=O) groups is 1. The molecule has 0 aliphatic rings. The topological polar surface area (TPSA) is 64.7 Å². The van der Waals surface area contributed by atoms with Gasteiger partial charge < -0.3 is 5.32 Å². The summed E-state index contributed by atoms with van der Waals surface area (Å²) in [6.07, 6.45) is -2.14. The van der Waals surface area contributed by atoms with E-state index in [4.69, 9.17) is 11.6 Å². The molecular weight excluding hydrogens is 390 g/mol. The van der Waals surface area contributed by atoms with E-state index in [-0.39, 0.29) is 17.4 Å². The fourth-order valence-corrected chi connectivity index (χ4v) is 2.48. The van der Waals surface area contributed by atoms with E-state index < -0.39 is 30.1 Å². The van der Waals surface area contributed by atoms with Crippen LogP contribution in [-0.4, -0.2) is 25.5 Å². The van der Waals surface area contributed by atoms with Gasteiger partial charge in [-0.25, -0.2) is 4.39 Å². The highest BCUT2D eigenvalue weighted by molar-refractivity contribution is 6.33. The first-order valence-corrected chi connectivity index (χ1v) is 7.97. The Balaban J connectivity index is 1.65. The van der Waals surface area contributed by atoms with E-state index in [0.717, 1.165) is 16.9 Å². The second kappa shape index (κ2) is 7.39. The molecule has 1 N–H and O–H groups in total. The molecule has 0 radical (unpaired) electrons. The molecule has 2 aromatic heterocycles. The Labute approximate surface area is 155 Å². The van der Waals surface area contributed by atoms with Crippen LogP contribution >= 0.6 is 11.6 Å². The fraction of sp³-hybridized carbons (Fsp3) is 0.188. The minimum absolute atomic E-state index is 0.0150. The third kappa shape index (κ3) is 4.64. The molecule has 0 spiro atoms. The van der Waals surface area contributed by atoms with Crippen molar-refractivity contribution >= 4 is 23.3 Å². The first-order chi connectivity index (χ1) is 12.7. The highest BCUT2D eigenvalue weighted by Gasteiger charge is 2.33. The van der Waals surface area contributed by atoms with Gasteiger partial charge in [0, 0.05) is 18.0 Å². The molecule has 0 saturated heterocycles. The van der Waals surface area contributed by atoms with Crippen LogP contribution in [0.2, 0.25) is 5.02 Å². The van der Waals surface area contributed by atoms with Gasteiger partial charge in [0.1, 0.15) is 17.4 Å². The molecule has 0 fully saturated rings. The van der Waals surface area contributed by atoms with Crippen molar-refractivity contribution in [1.82, 2.24) is 19.6 Å². The first-order valence-electron chi connectivity index (χ1n) is 7.59. The molecule has 6 nitrogen and oxygen atoms in total. The first kappa shape index (κ1) is 18.9. The number of halogens is 5. The summed E-state index contributed by atoms with van der Waals surface area (Å²) in [5.74, 6) is -1.06. The van der Waals surface area contributed by atoms with Crippen molar-refractivity contribution in [2.45, 2.75) is 19.3 Å². The van der Waals surface area contributed by atoms with E-state index in [1.165, 1.54) is 16.9 Å². The molecule has 1 aromatic carbocycles. The Morgan fingerprint density at radius 2 is 1.89 bits per heavy atom. The van der Waals surface area contributed by atoms with Gasteiger partial charge in [0.2, 0.25) is 5.91 Å². The molecule has 2 heterocycles. The molecule has 0 aliphatic carbocycles. The lowest BCUT2D eigenvalue weighted by Crippen LogP contribution is -2.20. The summed E-state index contributed by atoms with van der Waals surface area (Å²) < 4.78 is 53.4. The smallest absolute Gasteiger partial charge is 0.306 e. The number of amides is 1. The highest BCUT2D eigenvalue weighted by Crippen LogP contribution is 2.27. The summed E-state index contributed by atoms with van der Waals surface area (Å²) in [6.45, 7) is -0.358. The monoisotopic (exact) mass is 401 g/mol. The lowest BCUT2D eigenvalue weighted by molar-refractivity contribution is -0.141. The predicted octanol–water partition coefficient (Wildman–Crippen LogP) is 3.58. The van der Waals surface area contributed by atoms with Crippen molar-refractivity contribution < 1.29 is 22.4 Å². The van der Waals surface area contributed by atoms with Crippen molar-refractivity contribution in [1.29, 1.82) is 0 Å². The molecule has 0 unspecified atom stereocenters. The number of aromatic nitrogens is 4. The molecule has 3 aromatic rings. The van der Waals surface area contributed by atoms with E-state index in [1.807, 2.05) is 0 Å². The second-order valence-electron chi connectivity index (χ2n) is 5.56. The highest BCUT2D eigenvalue weighted by atomic mass is 35.5. The number of nitrogens with one attached hydrogen (secondary N) is 1. The van der Waals surface area contributed by atoms with Crippen molar-refractivity contribution in [2.75, 3.05) is 5.32 Å². The zero-order chi connectivity index (χ0) is 19.6. The largest absolute Gasteiger partial charge is 0.435 e. The van der Waals surface area contributed by atoms with Gasteiger partial charge in [-0.05, 0) is 12.1 Å². The third-order valence-corrected chi connectivity index (χ3v) is 3.78. The van der Waals surface area contributed by atoms with Crippen molar-refractivity contribution in [3.05, 3.63) is 64.8 Å². The number of alkyl halides is 3. The number of hydrogen-bond acceptors (Lipinski definition) is 3. The van der Waals surface area contributed by atoms with Crippen LogP contribution in [-0.2, 0) is 24.1 Å². The average Bonchev–Trinajstić information content (AvgIpc) is 3.17. The average molecular weight is 402 g/mol. The number of nitrogens with zero attached hydrogens (tertiary/aromatic N) is 4. The van der Waals surface area contributed by atoms with Gasteiger partial charge in [-0.3, -0.25) is 14.2 Å². The summed E-state index contributed by atoms with van der Waals surface area (Å²) in [7, 11) is 0. The maximum Gasteiger partial charge on any atom is 0.435 e. The minimum Gasteiger partial charge on any atom is -0.306 e. The SMILES string of the molecule is O=C(Cn1ccc(C(F)(F)F)n1)Nc1nn(Cc2ccccc2F)cc1Cl. The quantitative estimate of drug-likeness (QED) is 0.665. The summed E-state index contributed by atoms with van der Waals surface area (Å²) in [4.78, 5) is 12.0. The van der Waals surface area contributed by atoms with Crippen LogP contribution in [0.4, 0.5) is 23.4 Å². The van der Waals surface area contributed by atoms with Gasteiger partial charge in [-0.2, -0.15) is 23.4 Å². The van der Waals surface area contributed by atoms with E-state index in [2.05, 4.69) is 15.5 Å². The van der Waals surface area contributed by atoms with E-state index >= 15 is 0 Å². The summed E-state index contributed by atoms with van der Waals surface area (Å²) in [5, 5.41) is 9.83. The molecule has 0 bridgehead atoms. The van der Waals surface area contributed by atoms with Gasteiger partial charge in [0.15, 0.2) is 11.5 Å². The van der Waals surface area contributed by atoms with Crippen LogP contribution in [0.3, 0.4) is 0 Å². The van der Waals surface area contributed by atoms with Crippen LogP contribution in [0.25, 0.3) is 0 Å². The Morgan fingerprint density at radius 3 is 2.56 bits per heavy atom. The maximum atomic E-state index is 13.7. The van der Waals surface area contributed by atoms with E-state index in [0.29, 0.717) is 5.56 Å². The number of carbonyl (C=O) groups excluding carboxylic acids is 1. The van der Waals surface area contributed by atoms with Gasteiger partial charge in [-0.1, -0.05) is 29.8 Å². The van der Waals surface area contributed by atoms with Crippen LogP contribution in [0.5, 0.6) is 0 Å². The summed E-state index contributed by atoms with van der Waals surface area (Å²) in [6, 6.07) is 6.89. The Morgan fingerprint density at radius 1 is 1.15 bits per heavy atom. The molecule has 11 heteroatoms. The molecule has 0 atom stereocenters. The molecule has 142 valence electrons. The van der Waals surface area contributed by atoms with Gasteiger partial charge in [-0.15, -0.1) is 0 Å². The van der Waals surface area contributed by atoms with Crippen LogP contribution in [0.15, 0.2) is 42.7 Å². The number of rotatable bonds is 5. The van der Waals surface area contributed by atoms with Crippen molar-refractivity contribution in [3.8, 4) is 0 Å². The maximum absolute atomic E-state index is 13.7. The zero-order valence-corrected chi connectivity index (χ0v) is 14.3. The second-order valence-corrected chi connectivity index (χ2v) is 5.97.